The molecule has 0 aliphatic carbocycles. The number of anilines is 3. The highest BCUT2D eigenvalue weighted by molar-refractivity contribution is 6.13. The highest BCUT2D eigenvalue weighted by atomic mass is 15.2. The first kappa shape index (κ1) is 37.2. The minimum Gasteiger partial charge on any atom is -0.309 e. The van der Waals surface area contributed by atoms with Gasteiger partial charge in [0.2, 0.25) is 0 Å². The van der Waals surface area contributed by atoms with Gasteiger partial charge in [-0.3, -0.25) is 0 Å². The van der Waals surface area contributed by atoms with Gasteiger partial charge in [0, 0.05) is 50.1 Å². The van der Waals surface area contributed by atoms with Crippen molar-refractivity contribution in [2.75, 3.05) is 4.90 Å². The van der Waals surface area contributed by atoms with E-state index in [1.807, 2.05) is 12.1 Å². The van der Waals surface area contributed by atoms with E-state index >= 15 is 0 Å². The Morgan fingerprint density at radius 2 is 0.781 bits per heavy atom. The Balaban J connectivity index is 1.09. The molecule has 1 aliphatic heterocycles. The average molecular weight is 817 g/mol. The van der Waals surface area contributed by atoms with Gasteiger partial charge in [-0.25, -0.2) is 9.97 Å². The Kier molecular flexibility index (Phi) is 9.12. The number of hydrogen-bond donors (Lipinski definition) is 0. The number of para-hydroxylation sites is 3. The molecule has 1 aliphatic rings. The summed E-state index contributed by atoms with van der Waals surface area (Å²) in [4.78, 5) is 12.9. The molecule has 300 valence electrons. The first-order valence-electron chi connectivity index (χ1n) is 21.7. The number of nitrogens with zero attached hydrogens (tertiary/aromatic N) is 4. The molecule has 0 fully saturated rings. The first-order chi connectivity index (χ1) is 31.7. The molecule has 0 amide bonds. The summed E-state index contributed by atoms with van der Waals surface area (Å²) >= 11 is 0. The molecule has 12 rings (SSSR count). The molecule has 4 heteroatoms. The molecule has 0 saturated carbocycles. The van der Waals surface area contributed by atoms with Gasteiger partial charge in [-0.1, -0.05) is 188 Å². The summed E-state index contributed by atoms with van der Waals surface area (Å²) in [6, 6.07) is 86.5. The van der Waals surface area contributed by atoms with Crippen LogP contribution in [0.25, 0.3) is 95.1 Å². The molecule has 0 unspecified atom stereocenters. The molecule has 0 bridgehead atoms. The van der Waals surface area contributed by atoms with Gasteiger partial charge in [0.25, 0.3) is 0 Å². The summed E-state index contributed by atoms with van der Waals surface area (Å²) in [5.41, 5.74) is 19.6. The van der Waals surface area contributed by atoms with Crippen molar-refractivity contribution in [3.8, 4) is 84.2 Å². The van der Waals surface area contributed by atoms with Crippen LogP contribution in [0.15, 0.2) is 243 Å². The van der Waals surface area contributed by atoms with Gasteiger partial charge in [-0.15, -0.1) is 0 Å². The second kappa shape index (κ2) is 15.7. The number of rotatable bonds is 7. The van der Waals surface area contributed by atoms with Crippen molar-refractivity contribution < 1.29 is 0 Å². The zero-order valence-electron chi connectivity index (χ0n) is 34.9. The largest absolute Gasteiger partial charge is 0.309 e. The van der Waals surface area contributed by atoms with E-state index in [4.69, 9.17) is 9.97 Å². The first-order valence-corrected chi connectivity index (χ1v) is 21.7. The third kappa shape index (κ3) is 6.48. The molecule has 4 nitrogen and oxygen atoms in total. The van der Waals surface area contributed by atoms with Crippen LogP contribution in [0, 0.1) is 0 Å². The zero-order chi connectivity index (χ0) is 42.4. The normalized spacial score (nSPS) is 11.7. The van der Waals surface area contributed by atoms with E-state index in [0.717, 1.165) is 73.2 Å². The molecule has 0 N–H and O–H groups in total. The van der Waals surface area contributed by atoms with E-state index in [2.05, 4.69) is 240 Å². The SMILES string of the molecule is c1ccc(-c2cc(-c3ccccc3)cc(-n3c4c(c5ccccc53)-c3ccccc3N(c3cccc(-c5nc(-c6ccccc6)cc(-c6ccccc6)n5)c3)c3ccccc3-4)c2)cc1. The number of hydrogen-bond acceptors (Lipinski definition) is 3. The zero-order valence-corrected chi connectivity index (χ0v) is 34.9. The van der Waals surface area contributed by atoms with Crippen LogP contribution in [0.3, 0.4) is 0 Å². The molecule has 0 saturated heterocycles. The maximum Gasteiger partial charge on any atom is 0.160 e. The predicted octanol–water partition coefficient (Wildman–Crippen LogP) is 15.9. The quantitative estimate of drug-likeness (QED) is 0.161. The van der Waals surface area contributed by atoms with Crippen molar-refractivity contribution in [2.24, 2.45) is 0 Å². The lowest BCUT2D eigenvalue weighted by molar-refractivity contribution is 1.14. The molecule has 0 atom stereocenters. The molecule has 0 spiro atoms. The maximum atomic E-state index is 5.22. The molecule has 3 heterocycles. The summed E-state index contributed by atoms with van der Waals surface area (Å²) in [5, 5.41) is 1.20. The van der Waals surface area contributed by atoms with Gasteiger partial charge in [0.1, 0.15) is 0 Å². The molecule has 0 radical (unpaired) electrons. The predicted molar refractivity (Wildman–Crippen MR) is 265 cm³/mol. The summed E-state index contributed by atoms with van der Waals surface area (Å²) in [5.74, 6) is 0.673. The van der Waals surface area contributed by atoms with E-state index < -0.39 is 0 Å². The lowest BCUT2D eigenvalue weighted by Gasteiger charge is -2.28. The lowest BCUT2D eigenvalue weighted by atomic mass is 9.97. The molecule has 2 aromatic heterocycles. The minimum atomic E-state index is 0.673. The summed E-state index contributed by atoms with van der Waals surface area (Å²) in [7, 11) is 0. The Hall–Kier alpha value is -8.60. The van der Waals surface area contributed by atoms with Gasteiger partial charge in [-0.05, 0) is 76.9 Å². The maximum absolute atomic E-state index is 5.22. The minimum absolute atomic E-state index is 0.673. The fourth-order valence-electron chi connectivity index (χ4n) is 9.40. The van der Waals surface area contributed by atoms with Crippen LogP contribution < -0.4 is 4.90 Å². The second-order valence-electron chi connectivity index (χ2n) is 16.2. The van der Waals surface area contributed by atoms with Crippen LogP contribution in [-0.2, 0) is 0 Å². The fraction of sp³-hybridized carbons (Fsp3) is 0. The third-order valence-corrected chi connectivity index (χ3v) is 12.3. The van der Waals surface area contributed by atoms with Crippen LogP contribution in [-0.4, -0.2) is 14.5 Å². The van der Waals surface area contributed by atoms with Gasteiger partial charge in [-0.2, -0.15) is 0 Å². The van der Waals surface area contributed by atoms with Crippen LogP contribution in [0.5, 0.6) is 0 Å². The Morgan fingerprint density at radius 1 is 0.312 bits per heavy atom. The Labute approximate surface area is 372 Å². The standard InChI is InChI=1S/C60H40N4/c1-5-20-41(21-6-1)46-36-47(42-22-7-2-8-23-42)39-49(38-46)64-56-34-17-14-31-51(56)58-50-30-13-16-33-55(50)63(57-35-18-15-32-52(57)59(58)64)48-29-19-28-45(37-48)60-61-53(43-24-9-3-10-25-43)40-54(62-60)44-26-11-4-12-27-44/h1-40H. The fourth-order valence-corrected chi connectivity index (χ4v) is 9.40. The van der Waals surface area contributed by atoms with Crippen molar-refractivity contribution in [1.29, 1.82) is 0 Å². The smallest absolute Gasteiger partial charge is 0.160 e. The van der Waals surface area contributed by atoms with Gasteiger partial charge in [0.15, 0.2) is 5.82 Å². The Morgan fingerprint density at radius 3 is 1.39 bits per heavy atom. The molecule has 64 heavy (non-hydrogen) atoms. The van der Waals surface area contributed by atoms with Crippen LogP contribution >= 0.6 is 0 Å². The number of aromatic nitrogens is 3. The molecular weight excluding hydrogens is 777 g/mol. The average Bonchev–Trinajstić information content (AvgIpc) is 3.66. The highest BCUT2D eigenvalue weighted by Gasteiger charge is 2.31. The molecule has 9 aromatic carbocycles. The van der Waals surface area contributed by atoms with Crippen molar-refractivity contribution >= 4 is 28.0 Å². The number of benzene rings is 9. The van der Waals surface area contributed by atoms with E-state index in [1.54, 1.807) is 0 Å². The number of fused-ring (bicyclic) bond motifs is 7. The van der Waals surface area contributed by atoms with Crippen molar-refractivity contribution in [3.63, 3.8) is 0 Å². The highest BCUT2D eigenvalue weighted by Crippen LogP contribution is 2.54. The van der Waals surface area contributed by atoms with E-state index in [-0.39, 0.29) is 0 Å². The van der Waals surface area contributed by atoms with Gasteiger partial charge in [0.05, 0.1) is 34.0 Å². The second-order valence-corrected chi connectivity index (χ2v) is 16.2. The van der Waals surface area contributed by atoms with Crippen molar-refractivity contribution in [2.45, 2.75) is 0 Å². The third-order valence-electron chi connectivity index (χ3n) is 12.3. The molecular formula is C60H40N4. The van der Waals surface area contributed by atoms with Crippen LogP contribution in [0.1, 0.15) is 0 Å². The summed E-state index contributed by atoms with van der Waals surface area (Å²) < 4.78 is 2.49. The van der Waals surface area contributed by atoms with E-state index in [9.17, 15) is 0 Å². The van der Waals surface area contributed by atoms with Crippen LogP contribution in [0.2, 0.25) is 0 Å². The summed E-state index contributed by atoms with van der Waals surface area (Å²) in [6.45, 7) is 0. The van der Waals surface area contributed by atoms with Gasteiger partial charge < -0.3 is 9.47 Å². The topological polar surface area (TPSA) is 34.0 Å². The monoisotopic (exact) mass is 816 g/mol. The molecule has 11 aromatic rings. The lowest BCUT2D eigenvalue weighted by Crippen LogP contribution is -2.11. The van der Waals surface area contributed by atoms with E-state index in [0.29, 0.717) is 5.82 Å². The van der Waals surface area contributed by atoms with Gasteiger partial charge >= 0.3 is 0 Å². The summed E-state index contributed by atoms with van der Waals surface area (Å²) in [6.07, 6.45) is 0. The van der Waals surface area contributed by atoms with Crippen molar-refractivity contribution in [3.05, 3.63) is 243 Å². The Bertz CT molecular complexity index is 3370. The van der Waals surface area contributed by atoms with Crippen LogP contribution in [0.4, 0.5) is 17.1 Å². The van der Waals surface area contributed by atoms with Crippen molar-refractivity contribution in [1.82, 2.24) is 14.5 Å². The van der Waals surface area contributed by atoms with E-state index in [1.165, 1.54) is 33.2 Å².